The molecule has 0 radical (unpaired) electrons. The average Bonchev–Trinajstić information content (AvgIpc) is 2.99. The van der Waals surface area contributed by atoms with Crippen LogP contribution in [0.1, 0.15) is 16.0 Å². The van der Waals surface area contributed by atoms with Crippen LogP contribution in [0.3, 0.4) is 0 Å². The monoisotopic (exact) mass is 540 g/mol. The molecule has 3 aromatic rings. The molecule has 9 heteroatoms. The van der Waals surface area contributed by atoms with E-state index in [1.54, 1.807) is 29.5 Å². The maximum Gasteiger partial charge on any atom is 0.416 e. The largest absolute Gasteiger partial charge is 0.744 e. The van der Waals surface area contributed by atoms with Gasteiger partial charge in [-0.25, -0.2) is 8.42 Å². The van der Waals surface area contributed by atoms with E-state index in [0.29, 0.717) is 0 Å². The van der Waals surface area contributed by atoms with Gasteiger partial charge in [-0.15, -0.1) is 0 Å². The van der Waals surface area contributed by atoms with Gasteiger partial charge in [-0.3, -0.25) is 0 Å². The Balaban J connectivity index is 0.000000221. The summed E-state index contributed by atoms with van der Waals surface area (Å²) in [7, 11) is -4.27. The molecule has 28 heavy (non-hydrogen) atoms. The van der Waals surface area contributed by atoms with Crippen LogP contribution in [0.4, 0.5) is 13.2 Å². The van der Waals surface area contributed by atoms with Crippen molar-refractivity contribution in [3.63, 3.8) is 0 Å². The molecule has 3 rings (SSSR count). The lowest BCUT2D eigenvalue weighted by atomic mass is 10.2. The van der Waals surface area contributed by atoms with Crippen LogP contribution >= 0.6 is 11.3 Å². The molecular formula is C19H16F3IO3S2. The zero-order chi connectivity index (χ0) is 20.9. The molecule has 0 aliphatic carbocycles. The Morgan fingerprint density at radius 1 is 0.964 bits per heavy atom. The minimum absolute atomic E-state index is 0.178. The van der Waals surface area contributed by atoms with Crippen LogP contribution in [0.5, 0.6) is 0 Å². The minimum Gasteiger partial charge on any atom is -0.744 e. The number of rotatable bonds is 3. The highest BCUT2D eigenvalue weighted by Gasteiger charge is 2.32. The highest BCUT2D eigenvalue weighted by atomic mass is 127. The van der Waals surface area contributed by atoms with E-state index in [-0.39, 0.29) is 4.90 Å². The molecule has 2 aromatic carbocycles. The van der Waals surface area contributed by atoms with Crippen LogP contribution in [0.25, 0.3) is 0 Å². The molecule has 0 bridgehead atoms. The molecule has 0 aliphatic rings. The van der Waals surface area contributed by atoms with Crippen LogP contribution in [-0.4, -0.2) is 13.0 Å². The normalized spacial score (nSPS) is 11.6. The van der Waals surface area contributed by atoms with E-state index in [4.69, 9.17) is 0 Å². The highest BCUT2D eigenvalue weighted by molar-refractivity contribution is 7.85. The van der Waals surface area contributed by atoms with Gasteiger partial charge in [-0.05, 0) is 44.2 Å². The summed E-state index contributed by atoms with van der Waals surface area (Å²) in [6.07, 6.45) is -4.24. The fourth-order valence-corrected chi connectivity index (χ4v) is 6.90. The predicted octanol–water partition coefficient (Wildman–Crippen LogP) is 2.10. The summed E-state index contributed by atoms with van der Waals surface area (Å²) >= 11 is 1.17. The van der Waals surface area contributed by atoms with Crippen LogP contribution in [0, 0.1) is 20.3 Å². The standard InChI is InChI=1S/C12H9F3IS.C7H8O3S/c1-8-5-6-11(17-8)16-10-4-2-3-9(7-10)12(13,14)15;1-6-2-4-7(5-3-6)11(8,9)10/h2-7H,1H3;2-5H,1H3,(H,8,9,10)/q+1;/p-1. The van der Waals surface area contributed by atoms with Crippen molar-refractivity contribution in [1.82, 2.24) is 0 Å². The smallest absolute Gasteiger partial charge is 0.416 e. The van der Waals surface area contributed by atoms with Gasteiger partial charge in [0, 0.05) is 17.0 Å². The van der Waals surface area contributed by atoms with Crippen LogP contribution in [0.15, 0.2) is 65.6 Å². The summed E-state index contributed by atoms with van der Waals surface area (Å²) in [5, 5.41) is 0. The number of alkyl halides is 3. The number of aryl methyl sites for hydroxylation is 2. The average molecular weight is 540 g/mol. The third-order valence-electron chi connectivity index (χ3n) is 3.37. The number of hydrogen-bond donors (Lipinski definition) is 0. The van der Waals surface area contributed by atoms with Gasteiger partial charge in [0.25, 0.3) is 0 Å². The Hall–Kier alpha value is -1.43. The molecule has 0 amide bonds. The Bertz CT molecular complexity index is 1030. The SMILES string of the molecule is Cc1ccc(S(=O)(=O)[O-])cc1.Cc1ccc([I+]c2cccc(C(F)(F)F)c2)s1. The van der Waals surface area contributed by atoms with E-state index in [1.807, 2.05) is 26.0 Å². The van der Waals surface area contributed by atoms with Gasteiger partial charge in [0.2, 0.25) is 2.88 Å². The predicted molar refractivity (Wildman–Crippen MR) is 97.0 cm³/mol. The van der Waals surface area contributed by atoms with Crippen LogP contribution in [0.2, 0.25) is 0 Å². The lowest BCUT2D eigenvalue weighted by Gasteiger charge is -2.05. The van der Waals surface area contributed by atoms with Gasteiger partial charge in [0.15, 0.2) is 3.57 Å². The maximum absolute atomic E-state index is 12.5. The lowest BCUT2D eigenvalue weighted by molar-refractivity contribution is -0.591. The van der Waals surface area contributed by atoms with E-state index >= 15 is 0 Å². The van der Waals surface area contributed by atoms with Crippen molar-refractivity contribution >= 4 is 21.5 Å². The van der Waals surface area contributed by atoms with Gasteiger partial charge in [-0.2, -0.15) is 13.2 Å². The van der Waals surface area contributed by atoms with E-state index < -0.39 is 43.1 Å². The van der Waals surface area contributed by atoms with Crippen molar-refractivity contribution in [3.05, 3.63) is 83.1 Å². The molecule has 3 nitrogen and oxygen atoms in total. The van der Waals surface area contributed by atoms with E-state index in [0.717, 1.165) is 15.2 Å². The number of hydrogen-bond acceptors (Lipinski definition) is 4. The first-order chi connectivity index (χ1) is 12.9. The second-order valence-corrected chi connectivity index (χ2v) is 12.1. The van der Waals surface area contributed by atoms with Gasteiger partial charge in [0.05, 0.1) is 10.5 Å². The summed E-state index contributed by atoms with van der Waals surface area (Å²) in [5.74, 6) is 0. The van der Waals surface area contributed by atoms with Crippen molar-refractivity contribution in [2.24, 2.45) is 0 Å². The Morgan fingerprint density at radius 3 is 2.11 bits per heavy atom. The zero-order valence-electron chi connectivity index (χ0n) is 14.8. The topological polar surface area (TPSA) is 57.2 Å². The van der Waals surface area contributed by atoms with Crippen LogP contribution in [-0.2, 0) is 16.3 Å². The highest BCUT2D eigenvalue weighted by Crippen LogP contribution is 2.28. The van der Waals surface area contributed by atoms with E-state index in [2.05, 4.69) is 0 Å². The number of benzene rings is 2. The lowest BCUT2D eigenvalue weighted by Crippen LogP contribution is -3.61. The summed E-state index contributed by atoms with van der Waals surface area (Å²) in [6, 6.07) is 15.4. The van der Waals surface area contributed by atoms with Crippen LogP contribution < -0.4 is 21.2 Å². The first-order valence-corrected chi connectivity index (χ1v) is 12.2. The summed E-state index contributed by atoms with van der Waals surface area (Å²) in [6.45, 7) is 3.82. The van der Waals surface area contributed by atoms with Gasteiger partial charge in [0.1, 0.15) is 10.1 Å². The van der Waals surface area contributed by atoms with Crippen molar-refractivity contribution < 1.29 is 47.3 Å². The number of thiophene rings is 1. The van der Waals surface area contributed by atoms with Gasteiger partial charge in [-0.1, -0.05) is 35.1 Å². The Kier molecular flexibility index (Phi) is 7.66. The molecular weight excluding hydrogens is 524 g/mol. The summed E-state index contributed by atoms with van der Waals surface area (Å²) in [4.78, 5) is 1.02. The van der Waals surface area contributed by atoms with E-state index in [9.17, 15) is 26.1 Å². The zero-order valence-corrected chi connectivity index (χ0v) is 18.6. The molecule has 0 unspecified atom stereocenters. The number of halogens is 4. The maximum atomic E-state index is 12.5. The summed E-state index contributed by atoms with van der Waals surface area (Å²) < 4.78 is 70.7. The summed E-state index contributed by atoms with van der Waals surface area (Å²) in [5.41, 5.74) is 0.375. The molecule has 0 fully saturated rings. The Labute approximate surface area is 176 Å². The third-order valence-corrected chi connectivity index (χ3v) is 8.37. The molecule has 0 aliphatic heterocycles. The fourth-order valence-electron chi connectivity index (χ4n) is 1.99. The molecule has 0 saturated heterocycles. The van der Waals surface area contributed by atoms with Crippen molar-refractivity contribution in [1.29, 1.82) is 0 Å². The second-order valence-electron chi connectivity index (χ2n) is 5.72. The first-order valence-electron chi connectivity index (χ1n) is 7.86. The molecule has 150 valence electrons. The van der Waals surface area contributed by atoms with Crippen molar-refractivity contribution in [2.75, 3.05) is 0 Å². The molecule has 0 spiro atoms. The quantitative estimate of drug-likeness (QED) is 0.378. The minimum atomic E-state index is -4.27. The van der Waals surface area contributed by atoms with Crippen molar-refractivity contribution in [3.8, 4) is 0 Å². The van der Waals surface area contributed by atoms with Gasteiger partial charge < -0.3 is 4.55 Å². The molecule has 0 N–H and O–H groups in total. The van der Waals surface area contributed by atoms with E-state index in [1.165, 1.54) is 32.0 Å². The van der Waals surface area contributed by atoms with Gasteiger partial charge >= 0.3 is 27.4 Å². The molecule has 1 heterocycles. The fraction of sp³-hybridized carbons (Fsp3) is 0.158. The molecule has 0 saturated carbocycles. The molecule has 1 aromatic heterocycles. The van der Waals surface area contributed by atoms with Crippen molar-refractivity contribution in [2.45, 2.75) is 24.9 Å². The Morgan fingerprint density at radius 2 is 1.61 bits per heavy atom. The third kappa shape index (κ3) is 7.19. The second kappa shape index (κ2) is 9.38. The first kappa shape index (κ1) is 22.9. The molecule has 0 atom stereocenters.